The Hall–Kier alpha value is -3.23. The summed E-state index contributed by atoms with van der Waals surface area (Å²) < 4.78 is 10.7. The number of rotatable bonds is 6. The van der Waals surface area contributed by atoms with Gasteiger partial charge in [-0.3, -0.25) is 0 Å². The van der Waals surface area contributed by atoms with Crippen LogP contribution in [-0.2, 0) is 0 Å². The first-order valence-corrected chi connectivity index (χ1v) is 8.63. The Morgan fingerprint density at radius 1 is 0.963 bits per heavy atom. The highest BCUT2D eigenvalue weighted by Gasteiger charge is 2.17. The van der Waals surface area contributed by atoms with Gasteiger partial charge >= 0.3 is 0 Å². The summed E-state index contributed by atoms with van der Waals surface area (Å²) in [6, 6.07) is 20.7. The molecule has 1 aromatic heterocycles. The molecule has 3 aromatic rings. The molecule has 0 saturated carbocycles. The lowest BCUT2D eigenvalue weighted by atomic mass is 9.98. The van der Waals surface area contributed by atoms with Gasteiger partial charge in [0, 0.05) is 0 Å². The molecule has 0 aliphatic rings. The first kappa shape index (κ1) is 18.6. The quantitative estimate of drug-likeness (QED) is 0.664. The Bertz CT molecular complexity index is 938. The van der Waals surface area contributed by atoms with E-state index in [2.05, 4.69) is 10.3 Å². The van der Waals surface area contributed by atoms with Crippen molar-refractivity contribution < 1.29 is 9.47 Å². The number of nitrogens with zero attached hydrogens (tertiary/aromatic N) is 2. The van der Waals surface area contributed by atoms with Crippen LogP contribution >= 0.6 is 11.6 Å². The Morgan fingerprint density at radius 3 is 2.07 bits per heavy atom. The Labute approximate surface area is 163 Å². The Morgan fingerprint density at radius 2 is 1.56 bits per heavy atom. The molecule has 5 nitrogen and oxygen atoms in total. The van der Waals surface area contributed by atoms with Gasteiger partial charge in [-0.05, 0) is 47.5 Å². The van der Waals surface area contributed by atoms with Gasteiger partial charge in [0.25, 0.3) is 0 Å². The third-order valence-electron chi connectivity index (χ3n) is 4.10. The van der Waals surface area contributed by atoms with E-state index < -0.39 is 0 Å². The summed E-state index contributed by atoms with van der Waals surface area (Å²) in [7, 11) is 3.26. The van der Waals surface area contributed by atoms with Crippen molar-refractivity contribution in [2.45, 2.75) is 6.04 Å². The predicted octanol–water partition coefficient (Wildman–Crippen LogP) is 4.83. The van der Waals surface area contributed by atoms with E-state index in [0.717, 1.165) is 22.6 Å². The highest BCUT2D eigenvalue weighted by Crippen LogP contribution is 2.31. The number of hydrogen-bond acceptors (Lipinski definition) is 5. The predicted molar refractivity (Wildman–Crippen MR) is 105 cm³/mol. The van der Waals surface area contributed by atoms with Gasteiger partial charge in [-0.25, -0.2) is 4.98 Å². The fourth-order valence-electron chi connectivity index (χ4n) is 2.75. The second-order valence-corrected chi connectivity index (χ2v) is 6.18. The van der Waals surface area contributed by atoms with Crippen molar-refractivity contribution >= 4 is 17.4 Å². The summed E-state index contributed by atoms with van der Waals surface area (Å²) in [6.45, 7) is 0. The maximum Gasteiger partial charge on any atom is 0.161 e. The number of aromatic nitrogens is 1. The van der Waals surface area contributed by atoms with E-state index in [-0.39, 0.29) is 11.7 Å². The first-order valence-electron chi connectivity index (χ1n) is 8.25. The normalized spacial score (nSPS) is 10.3. The molecule has 0 spiro atoms. The molecule has 1 N–H and O–H groups in total. The van der Waals surface area contributed by atoms with Gasteiger partial charge in [0.2, 0.25) is 0 Å². The van der Waals surface area contributed by atoms with Crippen molar-refractivity contribution in [1.29, 1.82) is 5.26 Å². The molecule has 0 aliphatic carbocycles. The van der Waals surface area contributed by atoms with Crippen molar-refractivity contribution in [2.75, 3.05) is 19.5 Å². The second-order valence-electron chi connectivity index (χ2n) is 5.77. The van der Waals surface area contributed by atoms with Crippen LogP contribution in [0.15, 0.2) is 60.7 Å². The zero-order valence-corrected chi connectivity index (χ0v) is 15.7. The van der Waals surface area contributed by atoms with Gasteiger partial charge in [0.1, 0.15) is 23.4 Å². The minimum atomic E-state index is -0.226. The van der Waals surface area contributed by atoms with Crippen LogP contribution in [0, 0.1) is 11.3 Å². The minimum absolute atomic E-state index is 0.178. The van der Waals surface area contributed by atoms with Gasteiger partial charge < -0.3 is 14.8 Å². The lowest BCUT2D eigenvalue weighted by molar-refractivity contribution is 0.413. The molecule has 0 atom stereocenters. The van der Waals surface area contributed by atoms with Crippen LogP contribution in [0.2, 0.25) is 5.02 Å². The molecule has 0 amide bonds. The molecule has 0 radical (unpaired) electrons. The number of hydrogen-bond donors (Lipinski definition) is 1. The summed E-state index contributed by atoms with van der Waals surface area (Å²) in [6.07, 6.45) is 0. The smallest absolute Gasteiger partial charge is 0.161 e. The van der Waals surface area contributed by atoms with Gasteiger partial charge in [-0.2, -0.15) is 5.26 Å². The summed E-state index contributed by atoms with van der Waals surface area (Å²) in [4.78, 5) is 4.30. The summed E-state index contributed by atoms with van der Waals surface area (Å²) >= 11 is 6.00. The molecular formula is C21H18ClN3O2. The SMILES string of the molecule is COc1cccc(C(Nc2ccc(Cl)c(C#N)n2)c2cccc(OC)c2)c1. The molecule has 2 aromatic carbocycles. The Kier molecular flexibility index (Phi) is 5.80. The molecule has 136 valence electrons. The van der Waals surface area contributed by atoms with Gasteiger partial charge in [0.05, 0.1) is 25.3 Å². The largest absolute Gasteiger partial charge is 0.497 e. The molecule has 6 heteroatoms. The van der Waals surface area contributed by atoms with Gasteiger partial charge in [0.15, 0.2) is 5.69 Å². The van der Waals surface area contributed by atoms with Crippen LogP contribution in [-0.4, -0.2) is 19.2 Å². The van der Waals surface area contributed by atoms with Crippen molar-refractivity contribution in [3.05, 3.63) is 82.5 Å². The van der Waals surface area contributed by atoms with Crippen molar-refractivity contribution in [3.63, 3.8) is 0 Å². The highest BCUT2D eigenvalue weighted by atomic mass is 35.5. The van der Waals surface area contributed by atoms with Crippen LogP contribution in [0.5, 0.6) is 11.5 Å². The lowest BCUT2D eigenvalue weighted by Crippen LogP contribution is -2.14. The highest BCUT2D eigenvalue weighted by molar-refractivity contribution is 6.31. The molecule has 0 fully saturated rings. The standard InChI is InChI=1S/C21H18ClN3O2/c1-26-16-7-3-5-14(11-16)21(15-6-4-8-17(12-15)27-2)25-20-10-9-18(22)19(13-23)24-20/h3-12,21H,1-2H3,(H,24,25). The summed E-state index contributed by atoms with van der Waals surface area (Å²) in [5.74, 6) is 2.06. The fourth-order valence-corrected chi connectivity index (χ4v) is 2.90. The van der Waals surface area contributed by atoms with E-state index >= 15 is 0 Å². The second kappa shape index (κ2) is 8.43. The average molecular weight is 380 g/mol. The van der Waals surface area contributed by atoms with Crippen LogP contribution in [0.25, 0.3) is 0 Å². The number of ether oxygens (including phenoxy) is 2. The third-order valence-corrected chi connectivity index (χ3v) is 4.40. The van der Waals surface area contributed by atoms with Crippen molar-refractivity contribution in [1.82, 2.24) is 4.98 Å². The topological polar surface area (TPSA) is 67.2 Å². The zero-order valence-electron chi connectivity index (χ0n) is 14.9. The zero-order chi connectivity index (χ0) is 19.2. The monoisotopic (exact) mass is 379 g/mol. The number of anilines is 1. The van der Waals surface area contributed by atoms with Crippen molar-refractivity contribution in [3.8, 4) is 17.6 Å². The number of nitriles is 1. The van der Waals surface area contributed by atoms with E-state index in [4.69, 9.17) is 21.1 Å². The van der Waals surface area contributed by atoms with Crippen LogP contribution in [0.4, 0.5) is 5.82 Å². The van der Waals surface area contributed by atoms with Crippen LogP contribution in [0.3, 0.4) is 0 Å². The molecular weight excluding hydrogens is 362 g/mol. The number of pyridine rings is 1. The maximum absolute atomic E-state index is 9.19. The van der Waals surface area contributed by atoms with E-state index in [9.17, 15) is 5.26 Å². The van der Waals surface area contributed by atoms with E-state index in [1.54, 1.807) is 26.4 Å². The van der Waals surface area contributed by atoms with Crippen molar-refractivity contribution in [2.24, 2.45) is 0 Å². The van der Waals surface area contributed by atoms with Crippen LogP contribution < -0.4 is 14.8 Å². The van der Waals surface area contributed by atoms with E-state index in [0.29, 0.717) is 10.8 Å². The molecule has 0 bridgehead atoms. The first-order chi connectivity index (χ1) is 13.1. The van der Waals surface area contributed by atoms with Crippen LogP contribution in [0.1, 0.15) is 22.9 Å². The third kappa shape index (κ3) is 4.30. The Balaban J connectivity index is 2.05. The maximum atomic E-state index is 9.19. The number of benzene rings is 2. The van der Waals surface area contributed by atoms with Gasteiger partial charge in [-0.15, -0.1) is 0 Å². The molecule has 3 rings (SSSR count). The van der Waals surface area contributed by atoms with E-state index in [1.165, 1.54) is 0 Å². The minimum Gasteiger partial charge on any atom is -0.497 e. The molecule has 1 heterocycles. The fraction of sp³-hybridized carbons (Fsp3) is 0.143. The molecule has 0 aliphatic heterocycles. The van der Waals surface area contributed by atoms with Gasteiger partial charge in [-0.1, -0.05) is 35.9 Å². The molecule has 0 saturated heterocycles. The summed E-state index contributed by atoms with van der Waals surface area (Å²) in [5.41, 5.74) is 2.15. The van der Waals surface area contributed by atoms with E-state index in [1.807, 2.05) is 54.6 Å². The molecule has 27 heavy (non-hydrogen) atoms. The number of methoxy groups -OCH3 is 2. The number of halogens is 1. The molecule has 0 unspecified atom stereocenters. The number of nitrogens with one attached hydrogen (secondary N) is 1. The summed E-state index contributed by atoms with van der Waals surface area (Å²) in [5, 5.41) is 12.9. The lowest BCUT2D eigenvalue weighted by Gasteiger charge is -2.21. The average Bonchev–Trinajstić information content (AvgIpc) is 2.73.